The maximum atomic E-state index is 14.2. The molecule has 1 heterocycles. The number of nitrogens with zero attached hydrogens (tertiary/aromatic N) is 1. The SMILES string of the molecule is Fc1ccc(C2CCN(CCCC(F)(F)F)c3ccccc3S2)c(F)c1. The first-order chi connectivity index (χ1) is 12.3. The minimum atomic E-state index is -4.17. The lowest BCUT2D eigenvalue weighted by Gasteiger charge is -2.24. The fourth-order valence-electron chi connectivity index (χ4n) is 3.11. The molecule has 0 bridgehead atoms. The molecule has 0 saturated heterocycles. The molecule has 1 nitrogen and oxygen atoms in total. The molecule has 2 aromatic carbocycles. The Morgan fingerprint density at radius 3 is 2.58 bits per heavy atom. The largest absolute Gasteiger partial charge is 0.389 e. The Labute approximate surface area is 153 Å². The molecule has 1 aliphatic rings. The monoisotopic (exact) mass is 387 g/mol. The molecule has 3 rings (SSSR count). The third kappa shape index (κ3) is 4.69. The normalized spacial score (nSPS) is 17.7. The average molecular weight is 387 g/mol. The van der Waals surface area contributed by atoms with Crippen molar-refractivity contribution < 1.29 is 22.0 Å². The first-order valence-corrected chi connectivity index (χ1v) is 9.24. The van der Waals surface area contributed by atoms with Gasteiger partial charge in [0.2, 0.25) is 0 Å². The van der Waals surface area contributed by atoms with E-state index < -0.39 is 24.2 Å². The minimum Gasteiger partial charge on any atom is -0.371 e. The molecular weight excluding hydrogens is 369 g/mol. The summed E-state index contributed by atoms with van der Waals surface area (Å²) >= 11 is 1.47. The van der Waals surface area contributed by atoms with Crippen molar-refractivity contribution in [3.63, 3.8) is 0 Å². The highest BCUT2D eigenvalue weighted by Crippen LogP contribution is 2.45. The topological polar surface area (TPSA) is 3.24 Å². The van der Waals surface area contributed by atoms with Crippen molar-refractivity contribution in [2.24, 2.45) is 0 Å². The van der Waals surface area contributed by atoms with Crippen molar-refractivity contribution in [2.75, 3.05) is 18.0 Å². The highest BCUT2D eigenvalue weighted by molar-refractivity contribution is 7.99. The smallest absolute Gasteiger partial charge is 0.371 e. The molecule has 2 aromatic rings. The Bertz CT molecular complexity index is 762. The molecule has 0 fully saturated rings. The summed E-state index contributed by atoms with van der Waals surface area (Å²) in [5.74, 6) is -1.22. The molecular formula is C19H18F5NS. The summed E-state index contributed by atoms with van der Waals surface area (Å²) in [7, 11) is 0. The van der Waals surface area contributed by atoms with Gasteiger partial charge in [0.15, 0.2) is 0 Å². The summed E-state index contributed by atoms with van der Waals surface area (Å²) in [4.78, 5) is 2.82. The van der Waals surface area contributed by atoms with Gasteiger partial charge >= 0.3 is 6.18 Å². The first-order valence-electron chi connectivity index (χ1n) is 8.36. The molecule has 26 heavy (non-hydrogen) atoms. The number of hydrogen-bond donors (Lipinski definition) is 0. The van der Waals surface area contributed by atoms with Gasteiger partial charge in [-0.1, -0.05) is 18.2 Å². The molecule has 0 N–H and O–H groups in total. The maximum absolute atomic E-state index is 14.2. The highest BCUT2D eigenvalue weighted by atomic mass is 32.2. The molecule has 1 aliphatic heterocycles. The first kappa shape index (κ1) is 19.0. The zero-order valence-electron chi connectivity index (χ0n) is 13.9. The van der Waals surface area contributed by atoms with Crippen LogP contribution >= 0.6 is 11.8 Å². The van der Waals surface area contributed by atoms with E-state index in [9.17, 15) is 22.0 Å². The fraction of sp³-hybridized carbons (Fsp3) is 0.368. The summed E-state index contributed by atoms with van der Waals surface area (Å²) in [6, 6.07) is 11.0. The van der Waals surface area contributed by atoms with E-state index in [1.54, 1.807) is 0 Å². The molecule has 0 aliphatic carbocycles. The lowest BCUT2D eigenvalue weighted by Crippen LogP contribution is -2.26. The molecule has 0 spiro atoms. The number of thioether (sulfide) groups is 1. The van der Waals surface area contributed by atoms with Crippen molar-refractivity contribution in [2.45, 2.75) is 35.6 Å². The number of benzene rings is 2. The second-order valence-electron chi connectivity index (χ2n) is 6.23. The van der Waals surface area contributed by atoms with Crippen LogP contribution in [-0.2, 0) is 0 Å². The summed E-state index contributed by atoms with van der Waals surface area (Å²) in [5.41, 5.74) is 1.29. The lowest BCUT2D eigenvalue weighted by molar-refractivity contribution is -0.135. The fourth-order valence-corrected chi connectivity index (χ4v) is 4.43. The highest BCUT2D eigenvalue weighted by Gasteiger charge is 2.28. The van der Waals surface area contributed by atoms with Gasteiger partial charge in [0.25, 0.3) is 0 Å². The second kappa shape index (κ2) is 7.86. The quantitative estimate of drug-likeness (QED) is 0.562. The summed E-state index contributed by atoms with van der Waals surface area (Å²) in [5, 5.41) is -0.218. The van der Waals surface area contributed by atoms with Crippen molar-refractivity contribution in [1.82, 2.24) is 0 Å². The number of halogens is 5. The third-order valence-electron chi connectivity index (χ3n) is 4.33. The average Bonchev–Trinajstić information content (AvgIpc) is 2.74. The zero-order chi connectivity index (χ0) is 18.7. The van der Waals surface area contributed by atoms with Crippen molar-refractivity contribution in [3.05, 3.63) is 59.7 Å². The van der Waals surface area contributed by atoms with Gasteiger partial charge in [-0.25, -0.2) is 8.78 Å². The van der Waals surface area contributed by atoms with Crippen LogP contribution in [0, 0.1) is 11.6 Å². The predicted octanol–water partition coefficient (Wildman–Crippen LogP) is 6.35. The molecule has 0 radical (unpaired) electrons. The molecule has 0 amide bonds. The van der Waals surface area contributed by atoms with Gasteiger partial charge in [-0.05, 0) is 31.0 Å². The molecule has 0 saturated carbocycles. The van der Waals surface area contributed by atoms with Crippen LogP contribution in [0.2, 0.25) is 0 Å². The Morgan fingerprint density at radius 1 is 1.08 bits per heavy atom. The Kier molecular flexibility index (Phi) is 5.75. The van der Waals surface area contributed by atoms with E-state index in [2.05, 4.69) is 0 Å². The van der Waals surface area contributed by atoms with Crippen molar-refractivity contribution in [3.8, 4) is 0 Å². The number of alkyl halides is 3. The van der Waals surface area contributed by atoms with Crippen molar-refractivity contribution >= 4 is 17.4 Å². The van der Waals surface area contributed by atoms with Crippen molar-refractivity contribution in [1.29, 1.82) is 0 Å². The van der Waals surface area contributed by atoms with E-state index in [1.165, 1.54) is 23.9 Å². The van der Waals surface area contributed by atoms with Gasteiger partial charge < -0.3 is 4.90 Å². The number of rotatable bonds is 4. The maximum Gasteiger partial charge on any atom is 0.389 e. The molecule has 1 unspecified atom stereocenters. The van der Waals surface area contributed by atoms with Crippen LogP contribution in [0.25, 0.3) is 0 Å². The number of anilines is 1. The Morgan fingerprint density at radius 2 is 1.85 bits per heavy atom. The van der Waals surface area contributed by atoms with E-state index in [1.807, 2.05) is 29.2 Å². The Balaban J connectivity index is 1.80. The standard InChI is InChI=1S/C19H18F5NS/c20-13-6-7-14(15(21)12-13)17-8-11-25(10-3-9-19(22,23)24)16-4-1-2-5-18(16)26-17/h1-2,4-7,12,17H,3,8-11H2. The van der Waals surface area contributed by atoms with Gasteiger partial charge in [0.05, 0.1) is 5.69 Å². The molecule has 140 valence electrons. The van der Waals surface area contributed by atoms with E-state index in [0.717, 1.165) is 16.6 Å². The van der Waals surface area contributed by atoms with Crippen LogP contribution in [0.4, 0.5) is 27.6 Å². The number of hydrogen-bond acceptors (Lipinski definition) is 2. The van der Waals surface area contributed by atoms with Crippen LogP contribution < -0.4 is 4.90 Å². The van der Waals surface area contributed by atoms with Gasteiger partial charge in [-0.15, -0.1) is 11.8 Å². The number of para-hydroxylation sites is 1. The van der Waals surface area contributed by atoms with Gasteiger partial charge in [0, 0.05) is 41.3 Å². The molecule has 0 aromatic heterocycles. The summed E-state index contributed by atoms with van der Waals surface area (Å²) < 4.78 is 64.7. The number of fused-ring (bicyclic) bond motifs is 1. The zero-order valence-corrected chi connectivity index (χ0v) is 14.7. The van der Waals surface area contributed by atoms with E-state index in [-0.39, 0.29) is 18.2 Å². The van der Waals surface area contributed by atoms with Gasteiger partial charge in [-0.3, -0.25) is 0 Å². The minimum absolute atomic E-state index is 0.0120. The summed E-state index contributed by atoms with van der Waals surface area (Å²) in [6.07, 6.45) is -4.42. The van der Waals surface area contributed by atoms with Crippen LogP contribution in [-0.4, -0.2) is 19.3 Å². The van der Waals surface area contributed by atoms with Crippen LogP contribution in [0.5, 0.6) is 0 Å². The van der Waals surface area contributed by atoms with E-state index >= 15 is 0 Å². The molecule has 7 heteroatoms. The Hall–Kier alpha value is -1.76. The van der Waals surface area contributed by atoms with Gasteiger partial charge in [0.1, 0.15) is 11.6 Å². The molecule has 1 atom stereocenters. The van der Waals surface area contributed by atoms with Crippen LogP contribution in [0.15, 0.2) is 47.4 Å². The lowest BCUT2D eigenvalue weighted by atomic mass is 10.1. The second-order valence-corrected chi connectivity index (χ2v) is 7.48. The van der Waals surface area contributed by atoms with E-state index in [0.29, 0.717) is 18.5 Å². The van der Waals surface area contributed by atoms with E-state index in [4.69, 9.17) is 0 Å². The van der Waals surface area contributed by atoms with Gasteiger partial charge in [-0.2, -0.15) is 13.2 Å². The summed E-state index contributed by atoms with van der Waals surface area (Å²) in [6.45, 7) is 0.805. The third-order valence-corrected chi connectivity index (χ3v) is 5.71. The predicted molar refractivity (Wildman–Crippen MR) is 93.5 cm³/mol. The van der Waals surface area contributed by atoms with Crippen LogP contribution in [0.1, 0.15) is 30.1 Å². The van der Waals surface area contributed by atoms with Crippen LogP contribution in [0.3, 0.4) is 0 Å².